The fraction of sp³-hybridized carbons (Fsp3) is 0.700. The van der Waals surface area contributed by atoms with E-state index < -0.39 is 0 Å². The van der Waals surface area contributed by atoms with Gasteiger partial charge in [0.05, 0.1) is 0 Å². The summed E-state index contributed by atoms with van der Waals surface area (Å²) in [6.07, 6.45) is 8.08. The quantitative estimate of drug-likeness (QED) is 0.511. The number of allylic oxidation sites excluding steroid dienone is 1. The summed E-state index contributed by atoms with van der Waals surface area (Å²) in [4.78, 5) is 11.1. The molecule has 0 rings (SSSR count). The highest BCUT2D eigenvalue weighted by Crippen LogP contribution is 2.04. The third-order valence-corrected chi connectivity index (χ3v) is 2.25. The minimum atomic E-state index is 0.374. The van der Waals surface area contributed by atoms with Gasteiger partial charge in [0.15, 0.2) is 0 Å². The largest absolute Gasteiger partial charge is 0.299 e. The van der Waals surface area contributed by atoms with Crippen LogP contribution in [0.5, 0.6) is 0 Å². The van der Waals surface area contributed by atoms with Crippen molar-refractivity contribution in [2.75, 3.05) is 0 Å². The monoisotopic (exact) mass is 280 g/mol. The minimum absolute atomic E-state index is 0.374. The van der Waals surface area contributed by atoms with Gasteiger partial charge >= 0.3 is 0 Å². The molecule has 0 aromatic rings. The van der Waals surface area contributed by atoms with Gasteiger partial charge in [-0.25, -0.2) is 0 Å². The minimum Gasteiger partial charge on any atom is -0.299 e. The molecule has 0 atom stereocenters. The Labute approximate surface area is 88.8 Å². The zero-order valence-corrected chi connectivity index (χ0v) is 9.84. The fourth-order valence-electron chi connectivity index (χ4n) is 1.03. The van der Waals surface area contributed by atoms with Gasteiger partial charge in [0.2, 0.25) is 0 Å². The summed E-state index contributed by atoms with van der Waals surface area (Å²) in [5.74, 6) is 0.374. The Morgan fingerprint density at radius 3 is 2.67 bits per heavy atom. The molecular weight excluding hydrogens is 263 g/mol. The first-order chi connectivity index (χ1) is 5.81. The molecule has 1 nitrogen and oxygen atoms in total. The lowest BCUT2D eigenvalue weighted by molar-refractivity contribution is -0.118. The van der Waals surface area contributed by atoms with Gasteiger partial charge in [-0.05, 0) is 10.5 Å². The summed E-state index contributed by atoms with van der Waals surface area (Å²) < 4.78 is 1.90. The van der Waals surface area contributed by atoms with Crippen LogP contribution in [0.1, 0.15) is 45.4 Å². The third kappa shape index (κ3) is 8.24. The zero-order chi connectivity index (χ0) is 9.23. The van der Waals surface area contributed by atoms with Crippen molar-refractivity contribution in [3.05, 3.63) is 10.2 Å². The smallest absolute Gasteiger partial charge is 0.136 e. The Hall–Kier alpha value is 0.140. The van der Waals surface area contributed by atoms with Crippen LogP contribution in [0.2, 0.25) is 0 Å². The lowest BCUT2D eigenvalue weighted by Gasteiger charge is -1.96. The van der Waals surface area contributed by atoms with E-state index in [0.29, 0.717) is 12.2 Å². The maximum absolute atomic E-state index is 11.1. The molecule has 2 heteroatoms. The van der Waals surface area contributed by atoms with Crippen molar-refractivity contribution in [1.29, 1.82) is 0 Å². The molecule has 12 heavy (non-hydrogen) atoms. The standard InChI is InChI=1S/C10H17IO/c1-2-3-4-5-7-10(12)8-6-9-11/h6,9H,2-5,7-8H2,1H3/b9-6+. The zero-order valence-electron chi connectivity index (χ0n) is 7.68. The van der Waals surface area contributed by atoms with Crippen LogP contribution >= 0.6 is 22.6 Å². The molecule has 0 spiro atoms. The summed E-state index contributed by atoms with van der Waals surface area (Å²) in [7, 11) is 0. The number of ketones is 1. The van der Waals surface area contributed by atoms with E-state index in [1.54, 1.807) is 0 Å². The number of Topliss-reactive ketones (excluding diaryl/α,β-unsaturated/α-hetero) is 1. The number of halogens is 1. The second kappa shape index (κ2) is 9.23. The van der Waals surface area contributed by atoms with Gasteiger partial charge in [0.25, 0.3) is 0 Å². The van der Waals surface area contributed by atoms with Crippen LogP contribution in [0.3, 0.4) is 0 Å². The molecule has 0 bridgehead atoms. The highest BCUT2D eigenvalue weighted by atomic mass is 127. The third-order valence-electron chi connectivity index (χ3n) is 1.74. The number of carbonyl (C=O) groups is 1. The van der Waals surface area contributed by atoms with Gasteiger partial charge in [-0.3, -0.25) is 4.79 Å². The van der Waals surface area contributed by atoms with Crippen LogP contribution in [-0.2, 0) is 4.79 Å². The van der Waals surface area contributed by atoms with Gasteiger partial charge in [-0.15, -0.1) is 0 Å². The molecule has 0 aromatic heterocycles. The Morgan fingerprint density at radius 1 is 1.33 bits per heavy atom. The average molecular weight is 280 g/mol. The van der Waals surface area contributed by atoms with E-state index >= 15 is 0 Å². The van der Waals surface area contributed by atoms with Crippen molar-refractivity contribution in [1.82, 2.24) is 0 Å². The molecule has 0 saturated carbocycles. The van der Waals surface area contributed by atoms with E-state index in [1.807, 2.05) is 10.2 Å². The van der Waals surface area contributed by atoms with Crippen molar-refractivity contribution < 1.29 is 4.79 Å². The van der Waals surface area contributed by atoms with Gasteiger partial charge < -0.3 is 0 Å². The molecule has 0 unspecified atom stereocenters. The first kappa shape index (κ1) is 12.1. The van der Waals surface area contributed by atoms with Crippen LogP contribution in [-0.4, -0.2) is 5.78 Å². The molecule has 0 aliphatic carbocycles. The highest BCUT2D eigenvalue weighted by molar-refractivity contribution is 14.1. The number of hydrogen-bond acceptors (Lipinski definition) is 1. The summed E-state index contributed by atoms with van der Waals surface area (Å²) in [5.41, 5.74) is 0. The molecular formula is C10H17IO. The molecule has 0 heterocycles. The van der Waals surface area contributed by atoms with Crippen molar-refractivity contribution in [3.8, 4) is 0 Å². The summed E-state index contributed by atoms with van der Waals surface area (Å²) >= 11 is 2.14. The van der Waals surface area contributed by atoms with Gasteiger partial charge in [0, 0.05) is 12.8 Å². The molecule has 0 fully saturated rings. The van der Waals surface area contributed by atoms with Gasteiger partial charge in [0.1, 0.15) is 5.78 Å². The van der Waals surface area contributed by atoms with Crippen LogP contribution < -0.4 is 0 Å². The first-order valence-corrected chi connectivity index (χ1v) is 5.82. The summed E-state index contributed by atoms with van der Waals surface area (Å²) in [6.45, 7) is 2.18. The average Bonchev–Trinajstić information content (AvgIpc) is 2.09. The highest BCUT2D eigenvalue weighted by Gasteiger charge is 1.97. The van der Waals surface area contributed by atoms with Crippen molar-refractivity contribution in [2.45, 2.75) is 45.4 Å². The molecule has 0 amide bonds. The Kier molecular flexibility index (Phi) is 9.34. The lowest BCUT2D eigenvalue weighted by atomic mass is 10.1. The van der Waals surface area contributed by atoms with E-state index in [4.69, 9.17) is 0 Å². The van der Waals surface area contributed by atoms with Crippen molar-refractivity contribution >= 4 is 28.4 Å². The maximum atomic E-state index is 11.1. The van der Waals surface area contributed by atoms with Gasteiger partial charge in [-0.1, -0.05) is 54.9 Å². The number of carbonyl (C=O) groups excluding carboxylic acids is 1. The normalized spacial score (nSPS) is 10.8. The molecule has 70 valence electrons. The van der Waals surface area contributed by atoms with Crippen molar-refractivity contribution in [3.63, 3.8) is 0 Å². The van der Waals surface area contributed by atoms with E-state index in [0.717, 1.165) is 12.8 Å². The lowest BCUT2D eigenvalue weighted by Crippen LogP contribution is -1.94. The molecule has 0 aromatic carbocycles. The molecule has 0 N–H and O–H groups in total. The Bertz CT molecular complexity index is 141. The van der Waals surface area contributed by atoms with Crippen LogP contribution in [0.4, 0.5) is 0 Å². The summed E-state index contributed by atoms with van der Waals surface area (Å²) in [6, 6.07) is 0. The summed E-state index contributed by atoms with van der Waals surface area (Å²) in [5, 5.41) is 0. The second-order valence-corrected chi connectivity index (χ2v) is 3.63. The van der Waals surface area contributed by atoms with E-state index in [2.05, 4.69) is 29.5 Å². The maximum Gasteiger partial charge on any atom is 0.136 e. The van der Waals surface area contributed by atoms with Crippen LogP contribution in [0.25, 0.3) is 0 Å². The topological polar surface area (TPSA) is 17.1 Å². The Morgan fingerprint density at radius 2 is 2.08 bits per heavy atom. The van der Waals surface area contributed by atoms with Crippen LogP contribution in [0.15, 0.2) is 10.2 Å². The number of hydrogen-bond donors (Lipinski definition) is 0. The molecule has 0 aliphatic heterocycles. The molecule has 0 radical (unpaired) electrons. The SMILES string of the molecule is CCCCCCC(=O)C/C=C/I. The predicted octanol–water partition coefficient (Wildman–Crippen LogP) is 3.86. The predicted molar refractivity (Wildman–Crippen MR) is 61.5 cm³/mol. The van der Waals surface area contributed by atoms with E-state index in [9.17, 15) is 4.79 Å². The molecule has 0 aliphatic rings. The molecule has 0 saturated heterocycles. The number of rotatable bonds is 7. The Balaban J connectivity index is 3.20. The van der Waals surface area contributed by atoms with E-state index in [1.165, 1.54) is 19.3 Å². The van der Waals surface area contributed by atoms with Crippen molar-refractivity contribution in [2.24, 2.45) is 0 Å². The number of unbranched alkanes of at least 4 members (excludes halogenated alkanes) is 3. The second-order valence-electron chi connectivity index (χ2n) is 2.92. The van der Waals surface area contributed by atoms with E-state index in [-0.39, 0.29) is 0 Å². The van der Waals surface area contributed by atoms with Crippen LogP contribution in [0, 0.1) is 0 Å². The first-order valence-electron chi connectivity index (χ1n) is 4.58. The van der Waals surface area contributed by atoms with Gasteiger partial charge in [-0.2, -0.15) is 0 Å². The fourth-order valence-corrected chi connectivity index (χ4v) is 1.28.